The summed E-state index contributed by atoms with van der Waals surface area (Å²) in [5.74, 6) is 0.0680. The van der Waals surface area contributed by atoms with Crippen LogP contribution in [0.1, 0.15) is 78.4 Å². The van der Waals surface area contributed by atoms with Gasteiger partial charge in [-0.2, -0.15) is 0 Å². The molecule has 10 heteroatoms. The van der Waals surface area contributed by atoms with E-state index in [0.29, 0.717) is 19.8 Å². The molecule has 0 aliphatic carbocycles. The van der Waals surface area contributed by atoms with Crippen molar-refractivity contribution >= 4 is 22.8 Å². The summed E-state index contributed by atoms with van der Waals surface area (Å²) in [6.07, 6.45) is 3.74. The number of ether oxygens (including phenoxy) is 2. The zero-order valence-corrected chi connectivity index (χ0v) is 27.4. The third-order valence-electron chi connectivity index (χ3n) is 8.90. The summed E-state index contributed by atoms with van der Waals surface area (Å²) in [7, 11) is -3.72. The molecule has 1 aromatic carbocycles. The molecule has 8 nitrogen and oxygen atoms in total. The highest BCUT2D eigenvalue weighted by Gasteiger charge is 2.44. The minimum Gasteiger partial charge on any atom is -0.411 e. The second-order valence-corrected chi connectivity index (χ2v) is 18.6. The first-order valence-corrected chi connectivity index (χ1v) is 19.0. The summed E-state index contributed by atoms with van der Waals surface area (Å²) in [5.41, 5.74) is 1.02. The number of carbonyl (C=O) groups excluding carboxylic acids is 1. The lowest BCUT2D eigenvalue weighted by Crippen LogP contribution is -2.46. The van der Waals surface area contributed by atoms with Gasteiger partial charge in [0.1, 0.15) is 12.2 Å². The van der Waals surface area contributed by atoms with Gasteiger partial charge in [0.05, 0.1) is 31.0 Å². The number of rotatable bonds is 12. The van der Waals surface area contributed by atoms with Crippen LogP contribution in [0.4, 0.5) is 0 Å². The Morgan fingerprint density at radius 2 is 1.75 bits per heavy atom. The van der Waals surface area contributed by atoms with Crippen LogP contribution in [0.5, 0.6) is 0 Å². The van der Waals surface area contributed by atoms with E-state index in [-0.39, 0.29) is 47.5 Å². The van der Waals surface area contributed by atoms with Crippen molar-refractivity contribution in [3.8, 4) is 0 Å². The molecular formula is C30H50NO7PSi. The molecule has 226 valence electrons. The van der Waals surface area contributed by atoms with Crippen molar-refractivity contribution in [2.45, 2.75) is 121 Å². The second-order valence-electron chi connectivity index (χ2n) is 12.7. The largest absolute Gasteiger partial charge is 0.411 e. The summed E-state index contributed by atoms with van der Waals surface area (Å²) >= 11 is 0. The molecule has 0 aromatic heterocycles. The van der Waals surface area contributed by atoms with Crippen LogP contribution < -0.4 is 0 Å². The van der Waals surface area contributed by atoms with E-state index in [0.717, 1.165) is 44.2 Å². The number of likely N-dealkylation sites (tertiary alicyclic amines) is 1. The summed E-state index contributed by atoms with van der Waals surface area (Å²) in [4.78, 5) is 14.5. The Morgan fingerprint density at radius 1 is 1.07 bits per heavy atom. The molecule has 1 aromatic rings. The number of nitrogens with zero attached hydrogens (tertiary/aromatic N) is 1. The van der Waals surface area contributed by atoms with Crippen molar-refractivity contribution in [1.82, 2.24) is 4.90 Å². The predicted molar refractivity (Wildman–Crippen MR) is 159 cm³/mol. The van der Waals surface area contributed by atoms with Crippen LogP contribution in [0.25, 0.3) is 0 Å². The SMILES string of the molecule is CC[C@H]1OCCC1O[P@@](OC[C@H]1OCCC1O[Si](C)(C)C(C)(C)C)O[C@H](c1ccccc1)[C@@H]1CCCN1C(C)=O. The topological polar surface area (TPSA) is 75.7 Å². The molecule has 3 aliphatic heterocycles. The van der Waals surface area contributed by atoms with Crippen molar-refractivity contribution in [1.29, 1.82) is 0 Å². The summed E-state index contributed by atoms with van der Waals surface area (Å²) in [6.45, 7) is 17.5. The fourth-order valence-electron chi connectivity index (χ4n) is 5.52. The Hall–Kier alpha value is -0.903. The molecule has 3 fully saturated rings. The highest BCUT2D eigenvalue weighted by atomic mass is 31.2. The molecule has 0 N–H and O–H groups in total. The van der Waals surface area contributed by atoms with Crippen molar-refractivity contribution in [2.75, 3.05) is 26.4 Å². The molecule has 3 aliphatic rings. The van der Waals surface area contributed by atoms with E-state index < -0.39 is 16.9 Å². The monoisotopic (exact) mass is 595 g/mol. The van der Waals surface area contributed by atoms with Crippen molar-refractivity contribution < 1.29 is 32.3 Å². The molecule has 0 spiro atoms. The average molecular weight is 596 g/mol. The second kappa shape index (κ2) is 14.0. The maximum absolute atomic E-state index is 12.5. The van der Waals surface area contributed by atoms with Crippen LogP contribution in [0.2, 0.25) is 18.1 Å². The van der Waals surface area contributed by atoms with Gasteiger partial charge in [-0.1, -0.05) is 58.0 Å². The molecule has 0 bridgehead atoms. The van der Waals surface area contributed by atoms with Gasteiger partial charge in [0, 0.05) is 33.1 Å². The lowest BCUT2D eigenvalue weighted by Gasteiger charge is -2.39. The standard InChI is InChI=1S/C30H50NO7PSi/c1-8-25-26(16-19-33-25)36-39(35-21-28-27(17-20-34-28)38-40(6,7)30(3,4)5)37-29(23-13-10-9-11-14-23)24-15-12-18-31(24)22(2)32/h9-11,13-14,24-29H,8,12,15-21H2,1-7H3/t24-,25+,26?,27?,28+,29+,39+/m0/s1. The Morgan fingerprint density at radius 3 is 2.40 bits per heavy atom. The van der Waals surface area contributed by atoms with Crippen LogP contribution >= 0.6 is 8.60 Å². The van der Waals surface area contributed by atoms with Crippen molar-refractivity contribution in [3.63, 3.8) is 0 Å². The van der Waals surface area contributed by atoms with Gasteiger partial charge in [0.2, 0.25) is 5.91 Å². The lowest BCUT2D eigenvalue weighted by molar-refractivity contribution is -0.131. The molecule has 3 saturated heterocycles. The molecule has 40 heavy (non-hydrogen) atoms. The molecule has 0 radical (unpaired) electrons. The summed E-state index contributed by atoms with van der Waals surface area (Å²) in [6, 6.07) is 10.1. The van der Waals surface area contributed by atoms with E-state index in [1.165, 1.54) is 0 Å². The van der Waals surface area contributed by atoms with Gasteiger partial charge in [0.25, 0.3) is 0 Å². The fraction of sp³-hybridized carbons (Fsp3) is 0.767. The van der Waals surface area contributed by atoms with E-state index in [9.17, 15) is 4.79 Å². The van der Waals surface area contributed by atoms with Crippen molar-refractivity contribution in [3.05, 3.63) is 35.9 Å². The van der Waals surface area contributed by atoms with Crippen LogP contribution in [0.15, 0.2) is 30.3 Å². The van der Waals surface area contributed by atoms with Gasteiger partial charge in [0.15, 0.2) is 8.32 Å². The smallest absolute Gasteiger partial charge is 0.333 e. The first kappa shape index (κ1) is 32.0. The maximum Gasteiger partial charge on any atom is 0.333 e. The minimum absolute atomic E-state index is 0.0103. The van der Waals surface area contributed by atoms with E-state index in [1.54, 1.807) is 6.92 Å². The Bertz CT molecular complexity index is 946. The van der Waals surface area contributed by atoms with E-state index in [4.69, 9.17) is 27.5 Å². The minimum atomic E-state index is -1.96. The van der Waals surface area contributed by atoms with Gasteiger partial charge in [-0.15, -0.1) is 0 Å². The third-order valence-corrected chi connectivity index (χ3v) is 14.6. The zero-order chi connectivity index (χ0) is 28.9. The number of hydrogen-bond acceptors (Lipinski definition) is 7. The van der Waals surface area contributed by atoms with Gasteiger partial charge in [-0.05, 0) is 49.4 Å². The van der Waals surface area contributed by atoms with Gasteiger partial charge >= 0.3 is 8.60 Å². The van der Waals surface area contributed by atoms with Gasteiger partial charge < -0.3 is 32.4 Å². The third kappa shape index (κ3) is 7.93. The fourth-order valence-corrected chi connectivity index (χ4v) is 8.25. The number of carbonyl (C=O) groups is 1. The van der Waals surface area contributed by atoms with Gasteiger partial charge in [-0.3, -0.25) is 4.79 Å². The Labute approximate surface area is 243 Å². The molecule has 3 heterocycles. The first-order valence-electron chi connectivity index (χ1n) is 15.0. The van der Waals surface area contributed by atoms with E-state index in [1.807, 2.05) is 23.1 Å². The molecular weight excluding hydrogens is 545 g/mol. The highest BCUT2D eigenvalue weighted by molar-refractivity contribution is 7.41. The van der Waals surface area contributed by atoms with E-state index >= 15 is 0 Å². The van der Waals surface area contributed by atoms with Gasteiger partial charge in [-0.25, -0.2) is 0 Å². The van der Waals surface area contributed by atoms with Crippen molar-refractivity contribution in [2.24, 2.45) is 0 Å². The Kier molecular flexibility index (Phi) is 11.2. The number of hydrogen-bond donors (Lipinski definition) is 0. The average Bonchev–Trinajstić information content (AvgIpc) is 3.66. The van der Waals surface area contributed by atoms with Crippen LogP contribution in [-0.2, 0) is 32.3 Å². The lowest BCUT2D eigenvalue weighted by atomic mass is 10.0. The quantitative estimate of drug-likeness (QED) is 0.195. The summed E-state index contributed by atoms with van der Waals surface area (Å²) in [5, 5.41) is 0.115. The zero-order valence-electron chi connectivity index (χ0n) is 25.5. The molecule has 4 rings (SSSR count). The normalized spacial score (nSPS) is 29.2. The summed E-state index contributed by atoms with van der Waals surface area (Å²) < 4.78 is 38.6. The molecule has 7 atom stereocenters. The molecule has 2 unspecified atom stereocenters. The predicted octanol–water partition coefficient (Wildman–Crippen LogP) is 6.76. The van der Waals surface area contributed by atoms with Crippen LogP contribution in [0, 0.1) is 0 Å². The molecule has 0 saturated carbocycles. The number of benzene rings is 1. The van der Waals surface area contributed by atoms with E-state index in [2.05, 4.69) is 52.9 Å². The molecule has 1 amide bonds. The van der Waals surface area contributed by atoms with Crippen LogP contribution in [0.3, 0.4) is 0 Å². The Balaban J connectivity index is 1.52. The van der Waals surface area contributed by atoms with Crippen LogP contribution in [-0.4, -0.2) is 75.9 Å². The highest BCUT2D eigenvalue weighted by Crippen LogP contribution is 2.50. The first-order chi connectivity index (χ1) is 19.0. The number of amides is 1. The maximum atomic E-state index is 12.5.